The minimum atomic E-state index is -0.137. The maximum absolute atomic E-state index is 11.3. The minimum absolute atomic E-state index is 0.137. The van der Waals surface area contributed by atoms with Gasteiger partial charge in [0, 0.05) is 26.0 Å². The molecule has 0 aliphatic heterocycles. The van der Waals surface area contributed by atoms with Gasteiger partial charge in [-0.05, 0) is 12.1 Å². The number of anilines is 1. The average molecular weight is 165 g/mol. The minimum Gasteiger partial charge on any atom is -0.399 e. The number of carbonyl (C=O) groups excluding carboxylic acids is 1. The molecule has 4 nitrogen and oxygen atoms in total. The molecule has 1 aromatic heterocycles. The summed E-state index contributed by atoms with van der Waals surface area (Å²) >= 11 is 0. The van der Waals surface area contributed by atoms with Crippen LogP contribution in [0.1, 0.15) is 10.5 Å². The Morgan fingerprint density at radius 3 is 2.75 bits per heavy atom. The molecule has 64 valence electrons. The molecule has 0 aliphatic carbocycles. The van der Waals surface area contributed by atoms with Gasteiger partial charge in [0.2, 0.25) is 0 Å². The molecule has 1 aromatic rings. The molecule has 0 aliphatic rings. The van der Waals surface area contributed by atoms with Crippen LogP contribution in [-0.2, 0) is 0 Å². The predicted molar refractivity (Wildman–Crippen MR) is 46.7 cm³/mol. The van der Waals surface area contributed by atoms with E-state index in [1.807, 2.05) is 0 Å². The fraction of sp³-hybridized carbons (Fsp3) is 0.250. The first-order chi connectivity index (χ1) is 5.61. The van der Waals surface area contributed by atoms with Crippen LogP contribution in [0.15, 0.2) is 18.3 Å². The molecule has 0 atom stereocenters. The highest BCUT2D eigenvalue weighted by atomic mass is 16.2. The van der Waals surface area contributed by atoms with Crippen LogP contribution in [0, 0.1) is 0 Å². The Morgan fingerprint density at radius 1 is 1.58 bits per heavy atom. The van der Waals surface area contributed by atoms with E-state index < -0.39 is 0 Å². The van der Waals surface area contributed by atoms with Gasteiger partial charge in [-0.3, -0.25) is 9.78 Å². The summed E-state index contributed by atoms with van der Waals surface area (Å²) in [5, 5.41) is 0. The summed E-state index contributed by atoms with van der Waals surface area (Å²) in [6.45, 7) is 0. The monoisotopic (exact) mass is 165 g/mol. The van der Waals surface area contributed by atoms with Gasteiger partial charge in [0.1, 0.15) is 5.69 Å². The van der Waals surface area contributed by atoms with E-state index in [9.17, 15) is 4.79 Å². The van der Waals surface area contributed by atoms with Crippen molar-refractivity contribution in [1.29, 1.82) is 0 Å². The number of nitrogen functional groups attached to an aromatic ring is 1. The fourth-order valence-electron chi connectivity index (χ4n) is 0.793. The summed E-state index contributed by atoms with van der Waals surface area (Å²) in [4.78, 5) is 16.7. The van der Waals surface area contributed by atoms with Crippen LogP contribution in [0.25, 0.3) is 0 Å². The fourth-order valence-corrected chi connectivity index (χ4v) is 0.793. The number of nitrogens with zero attached hydrogens (tertiary/aromatic N) is 2. The third-order valence-electron chi connectivity index (χ3n) is 1.41. The van der Waals surface area contributed by atoms with Gasteiger partial charge in [0.25, 0.3) is 5.91 Å². The first-order valence-corrected chi connectivity index (χ1v) is 3.54. The lowest BCUT2D eigenvalue weighted by molar-refractivity contribution is 0.0822. The van der Waals surface area contributed by atoms with Gasteiger partial charge < -0.3 is 10.6 Å². The highest BCUT2D eigenvalue weighted by Crippen LogP contribution is 2.04. The Balaban J connectivity index is 2.96. The van der Waals surface area contributed by atoms with E-state index in [0.29, 0.717) is 11.4 Å². The topological polar surface area (TPSA) is 59.2 Å². The van der Waals surface area contributed by atoms with Crippen molar-refractivity contribution < 1.29 is 4.79 Å². The van der Waals surface area contributed by atoms with Crippen molar-refractivity contribution in [3.8, 4) is 0 Å². The Bertz CT molecular complexity index is 296. The number of rotatable bonds is 1. The zero-order chi connectivity index (χ0) is 9.14. The highest BCUT2D eigenvalue weighted by Gasteiger charge is 2.08. The molecule has 0 aromatic carbocycles. The second kappa shape index (κ2) is 3.21. The lowest BCUT2D eigenvalue weighted by Gasteiger charge is -2.08. The van der Waals surface area contributed by atoms with Crippen LogP contribution in [0.3, 0.4) is 0 Å². The van der Waals surface area contributed by atoms with E-state index in [0.717, 1.165) is 0 Å². The molecule has 0 fully saturated rings. The predicted octanol–water partition coefficient (Wildman–Crippen LogP) is 0.366. The van der Waals surface area contributed by atoms with Gasteiger partial charge in [-0.25, -0.2) is 0 Å². The Morgan fingerprint density at radius 2 is 2.25 bits per heavy atom. The summed E-state index contributed by atoms with van der Waals surface area (Å²) in [7, 11) is 3.35. The third-order valence-corrected chi connectivity index (χ3v) is 1.41. The summed E-state index contributed by atoms with van der Waals surface area (Å²) < 4.78 is 0. The zero-order valence-electron chi connectivity index (χ0n) is 7.11. The third kappa shape index (κ3) is 1.72. The average Bonchev–Trinajstić information content (AvgIpc) is 2.03. The maximum Gasteiger partial charge on any atom is 0.272 e. The van der Waals surface area contributed by atoms with Crippen molar-refractivity contribution in [2.75, 3.05) is 19.8 Å². The molecule has 0 bridgehead atoms. The quantitative estimate of drug-likeness (QED) is 0.653. The maximum atomic E-state index is 11.3. The molecule has 1 rings (SSSR count). The van der Waals surface area contributed by atoms with E-state index in [2.05, 4.69) is 4.98 Å². The van der Waals surface area contributed by atoms with Crippen molar-refractivity contribution >= 4 is 11.6 Å². The normalized spacial score (nSPS) is 9.50. The second-order valence-corrected chi connectivity index (χ2v) is 2.67. The molecular weight excluding hydrogens is 154 g/mol. The summed E-state index contributed by atoms with van der Waals surface area (Å²) in [5.74, 6) is -0.137. The van der Waals surface area contributed by atoms with Crippen LogP contribution in [0.4, 0.5) is 5.69 Å². The molecule has 1 heterocycles. The van der Waals surface area contributed by atoms with E-state index in [-0.39, 0.29) is 5.91 Å². The summed E-state index contributed by atoms with van der Waals surface area (Å²) in [6.07, 6.45) is 1.52. The molecule has 1 amide bonds. The van der Waals surface area contributed by atoms with Gasteiger partial charge >= 0.3 is 0 Å². The van der Waals surface area contributed by atoms with Crippen molar-refractivity contribution in [2.24, 2.45) is 0 Å². The number of pyridine rings is 1. The largest absolute Gasteiger partial charge is 0.399 e. The zero-order valence-corrected chi connectivity index (χ0v) is 7.11. The number of carbonyl (C=O) groups is 1. The van der Waals surface area contributed by atoms with E-state index in [1.165, 1.54) is 11.1 Å². The highest BCUT2D eigenvalue weighted by molar-refractivity contribution is 5.92. The molecule has 0 spiro atoms. The van der Waals surface area contributed by atoms with Crippen LogP contribution in [0.2, 0.25) is 0 Å². The molecule has 0 unspecified atom stereocenters. The number of aromatic nitrogens is 1. The van der Waals surface area contributed by atoms with Crippen LogP contribution >= 0.6 is 0 Å². The standard InChI is InChI=1S/C8H11N3O/c1-11(2)8(12)7-5-6(9)3-4-10-7/h3-5H,1-2H3,(H2,9,10). The lowest BCUT2D eigenvalue weighted by Crippen LogP contribution is -2.22. The first kappa shape index (κ1) is 8.52. The van der Waals surface area contributed by atoms with E-state index in [1.54, 1.807) is 26.2 Å². The van der Waals surface area contributed by atoms with Crippen molar-refractivity contribution in [3.63, 3.8) is 0 Å². The van der Waals surface area contributed by atoms with Crippen LogP contribution in [0.5, 0.6) is 0 Å². The van der Waals surface area contributed by atoms with Crippen molar-refractivity contribution in [3.05, 3.63) is 24.0 Å². The van der Waals surface area contributed by atoms with Gasteiger partial charge in [-0.15, -0.1) is 0 Å². The number of amides is 1. The molecule has 12 heavy (non-hydrogen) atoms. The second-order valence-electron chi connectivity index (χ2n) is 2.67. The van der Waals surface area contributed by atoms with Crippen LogP contribution < -0.4 is 5.73 Å². The molecule has 0 saturated heterocycles. The van der Waals surface area contributed by atoms with E-state index in [4.69, 9.17) is 5.73 Å². The molecule has 0 saturated carbocycles. The Kier molecular flexibility index (Phi) is 2.28. The van der Waals surface area contributed by atoms with Gasteiger partial charge in [0.15, 0.2) is 0 Å². The molecule has 4 heteroatoms. The lowest BCUT2D eigenvalue weighted by atomic mass is 10.3. The molecule has 0 radical (unpaired) electrons. The molecule has 2 N–H and O–H groups in total. The number of hydrogen-bond donors (Lipinski definition) is 1. The van der Waals surface area contributed by atoms with Crippen molar-refractivity contribution in [2.45, 2.75) is 0 Å². The summed E-state index contributed by atoms with van der Waals surface area (Å²) in [6, 6.07) is 3.20. The van der Waals surface area contributed by atoms with Gasteiger partial charge in [0.05, 0.1) is 0 Å². The van der Waals surface area contributed by atoms with Crippen LogP contribution in [-0.4, -0.2) is 29.9 Å². The Labute approximate surface area is 71.0 Å². The Hall–Kier alpha value is -1.58. The van der Waals surface area contributed by atoms with E-state index >= 15 is 0 Å². The number of hydrogen-bond acceptors (Lipinski definition) is 3. The SMILES string of the molecule is CN(C)C(=O)c1cc(N)ccn1. The van der Waals surface area contributed by atoms with Gasteiger partial charge in [-0.2, -0.15) is 0 Å². The van der Waals surface area contributed by atoms with Gasteiger partial charge in [-0.1, -0.05) is 0 Å². The summed E-state index contributed by atoms with van der Waals surface area (Å²) in [5.41, 5.74) is 6.41. The molecular formula is C8H11N3O. The smallest absolute Gasteiger partial charge is 0.272 e. The number of nitrogens with two attached hydrogens (primary N) is 1. The first-order valence-electron chi connectivity index (χ1n) is 3.54. The van der Waals surface area contributed by atoms with Crippen molar-refractivity contribution in [1.82, 2.24) is 9.88 Å².